The largest absolute Gasteiger partial charge is 0.480 e. The van der Waals surface area contributed by atoms with Crippen molar-refractivity contribution >= 4 is 11.9 Å². The smallest absolute Gasteiger partial charge is 0.416 e. The molecule has 0 spiro atoms. The number of hydrogen-bond donors (Lipinski definition) is 3. The molecule has 1 amide bonds. The third kappa shape index (κ3) is 4.82. The molecule has 1 saturated heterocycles. The standard InChI is InChI=1S/C19H26F3N3O3/c1-2-3-4-14-10-25(11-18(14,24)17(27)28)16(26)15(23)9-12-5-7-13(8-6-12)19(20,21)22/h5-8,14-15H,2-4,9-11,23-24H2,1H3,(H,27,28)/t14-,15?,18-/m0/s1. The van der Waals surface area contributed by atoms with Crippen molar-refractivity contribution in [1.29, 1.82) is 0 Å². The molecule has 9 heteroatoms. The van der Waals surface area contributed by atoms with Gasteiger partial charge in [-0.25, -0.2) is 0 Å². The topological polar surface area (TPSA) is 110 Å². The van der Waals surface area contributed by atoms with E-state index in [4.69, 9.17) is 11.5 Å². The van der Waals surface area contributed by atoms with Gasteiger partial charge in [0.25, 0.3) is 0 Å². The summed E-state index contributed by atoms with van der Waals surface area (Å²) in [5, 5.41) is 9.52. The molecule has 1 aliphatic rings. The van der Waals surface area contributed by atoms with Crippen molar-refractivity contribution < 1.29 is 27.9 Å². The molecular weight excluding hydrogens is 375 g/mol. The second kappa shape index (κ2) is 8.48. The van der Waals surface area contributed by atoms with Crippen LogP contribution < -0.4 is 11.5 Å². The van der Waals surface area contributed by atoms with Crippen LogP contribution in [0.3, 0.4) is 0 Å². The van der Waals surface area contributed by atoms with Crippen LogP contribution in [0.15, 0.2) is 24.3 Å². The van der Waals surface area contributed by atoms with Gasteiger partial charge < -0.3 is 21.5 Å². The van der Waals surface area contributed by atoms with Gasteiger partial charge in [0.2, 0.25) is 5.91 Å². The van der Waals surface area contributed by atoms with E-state index in [2.05, 4.69) is 0 Å². The Balaban J connectivity index is 2.05. The Kier molecular flexibility index (Phi) is 6.71. The predicted octanol–water partition coefficient (Wildman–Crippen LogP) is 2.01. The lowest BCUT2D eigenvalue weighted by Gasteiger charge is -2.25. The molecule has 0 aliphatic carbocycles. The first-order valence-corrected chi connectivity index (χ1v) is 9.21. The van der Waals surface area contributed by atoms with Crippen LogP contribution in [0.5, 0.6) is 0 Å². The highest BCUT2D eigenvalue weighted by molar-refractivity contribution is 5.86. The molecule has 1 unspecified atom stereocenters. The van der Waals surface area contributed by atoms with Crippen molar-refractivity contribution in [2.24, 2.45) is 17.4 Å². The van der Waals surface area contributed by atoms with Crippen LogP contribution >= 0.6 is 0 Å². The fraction of sp³-hybridized carbons (Fsp3) is 0.579. The van der Waals surface area contributed by atoms with Crippen LogP contribution in [0.4, 0.5) is 13.2 Å². The van der Waals surface area contributed by atoms with Crippen LogP contribution in [0, 0.1) is 5.92 Å². The summed E-state index contributed by atoms with van der Waals surface area (Å²) in [5.41, 5.74) is 10.3. The number of aliphatic carboxylic acids is 1. The number of rotatable bonds is 7. The molecule has 28 heavy (non-hydrogen) atoms. The van der Waals surface area contributed by atoms with Crippen molar-refractivity contribution in [1.82, 2.24) is 4.90 Å². The number of benzene rings is 1. The number of likely N-dealkylation sites (tertiary alicyclic amines) is 1. The molecule has 1 heterocycles. The number of halogens is 3. The van der Waals surface area contributed by atoms with E-state index in [9.17, 15) is 27.9 Å². The number of carboxylic acid groups (broad SMARTS) is 1. The monoisotopic (exact) mass is 401 g/mol. The lowest BCUT2D eigenvalue weighted by molar-refractivity contribution is -0.144. The van der Waals surface area contributed by atoms with Crippen LogP contribution in [-0.2, 0) is 22.2 Å². The fourth-order valence-corrected chi connectivity index (χ4v) is 3.55. The first-order chi connectivity index (χ1) is 13.0. The number of nitrogens with two attached hydrogens (primary N) is 2. The van der Waals surface area contributed by atoms with Gasteiger partial charge in [-0.05, 0) is 30.5 Å². The molecule has 0 bridgehead atoms. The summed E-state index contributed by atoms with van der Waals surface area (Å²) in [4.78, 5) is 25.7. The highest BCUT2D eigenvalue weighted by Gasteiger charge is 2.50. The van der Waals surface area contributed by atoms with Crippen LogP contribution in [0.1, 0.15) is 37.3 Å². The first-order valence-electron chi connectivity index (χ1n) is 9.21. The number of carbonyl (C=O) groups excluding carboxylic acids is 1. The SMILES string of the molecule is CCCC[C@H]1CN(C(=O)C(N)Cc2ccc(C(F)(F)F)cc2)C[C@@]1(N)C(=O)O. The molecule has 1 aliphatic heterocycles. The number of hydrogen-bond acceptors (Lipinski definition) is 4. The minimum absolute atomic E-state index is 0.0533. The third-order valence-electron chi connectivity index (χ3n) is 5.29. The number of amides is 1. The molecule has 1 fully saturated rings. The van der Waals surface area contributed by atoms with Crippen LogP contribution in [0.25, 0.3) is 0 Å². The maximum atomic E-state index is 12.7. The van der Waals surface area contributed by atoms with Crippen molar-refractivity contribution in [3.8, 4) is 0 Å². The Morgan fingerprint density at radius 3 is 2.43 bits per heavy atom. The van der Waals surface area contributed by atoms with Gasteiger partial charge in [-0.2, -0.15) is 13.2 Å². The predicted molar refractivity (Wildman–Crippen MR) is 97.3 cm³/mol. The molecule has 1 aromatic rings. The fourth-order valence-electron chi connectivity index (χ4n) is 3.55. The number of alkyl halides is 3. The minimum Gasteiger partial charge on any atom is -0.480 e. The summed E-state index contributed by atoms with van der Waals surface area (Å²) >= 11 is 0. The Morgan fingerprint density at radius 2 is 1.93 bits per heavy atom. The second-order valence-corrected chi connectivity index (χ2v) is 7.41. The highest BCUT2D eigenvalue weighted by atomic mass is 19.4. The lowest BCUT2D eigenvalue weighted by atomic mass is 9.84. The average Bonchev–Trinajstić information content (AvgIpc) is 2.97. The van der Waals surface area contributed by atoms with Gasteiger partial charge in [-0.1, -0.05) is 31.9 Å². The molecule has 0 saturated carbocycles. The maximum absolute atomic E-state index is 12.7. The summed E-state index contributed by atoms with van der Waals surface area (Å²) in [6.07, 6.45) is -2.10. The van der Waals surface area contributed by atoms with E-state index in [-0.39, 0.29) is 25.4 Å². The van der Waals surface area contributed by atoms with E-state index < -0.39 is 35.2 Å². The second-order valence-electron chi connectivity index (χ2n) is 7.41. The normalized spacial score (nSPS) is 23.6. The van der Waals surface area contributed by atoms with E-state index in [0.29, 0.717) is 12.0 Å². The van der Waals surface area contributed by atoms with Crippen molar-refractivity contribution in [2.75, 3.05) is 13.1 Å². The van der Waals surface area contributed by atoms with Gasteiger partial charge in [0.1, 0.15) is 5.54 Å². The number of carbonyl (C=O) groups is 2. The van der Waals surface area contributed by atoms with Gasteiger partial charge >= 0.3 is 12.1 Å². The summed E-state index contributed by atoms with van der Waals surface area (Å²) in [7, 11) is 0. The Morgan fingerprint density at radius 1 is 1.32 bits per heavy atom. The Labute approximate surface area is 161 Å². The molecule has 1 aromatic carbocycles. The van der Waals surface area contributed by atoms with Crippen molar-refractivity contribution in [2.45, 2.75) is 50.4 Å². The molecule has 156 valence electrons. The maximum Gasteiger partial charge on any atom is 0.416 e. The van der Waals surface area contributed by atoms with Gasteiger partial charge in [0.15, 0.2) is 0 Å². The quantitative estimate of drug-likeness (QED) is 0.647. The summed E-state index contributed by atoms with van der Waals surface area (Å²) < 4.78 is 37.9. The molecule has 3 atom stereocenters. The van der Waals surface area contributed by atoms with E-state index in [1.165, 1.54) is 17.0 Å². The average molecular weight is 401 g/mol. The molecule has 0 aromatic heterocycles. The minimum atomic E-state index is -4.43. The first kappa shape index (κ1) is 22.2. The number of carboxylic acids is 1. The van der Waals surface area contributed by atoms with Crippen LogP contribution in [-0.4, -0.2) is 46.6 Å². The number of nitrogens with zero attached hydrogens (tertiary/aromatic N) is 1. The zero-order valence-electron chi connectivity index (χ0n) is 15.7. The van der Waals surface area contributed by atoms with E-state index >= 15 is 0 Å². The molecular formula is C19H26F3N3O3. The molecule has 2 rings (SSSR count). The molecule has 6 nitrogen and oxygen atoms in total. The van der Waals surface area contributed by atoms with E-state index in [1.54, 1.807) is 0 Å². The van der Waals surface area contributed by atoms with Gasteiger partial charge in [0.05, 0.1) is 11.6 Å². The van der Waals surface area contributed by atoms with Crippen molar-refractivity contribution in [3.63, 3.8) is 0 Å². The van der Waals surface area contributed by atoms with Gasteiger partial charge in [-0.15, -0.1) is 0 Å². The third-order valence-corrected chi connectivity index (χ3v) is 5.29. The Hall–Kier alpha value is -2.13. The Bertz CT molecular complexity index is 709. The lowest BCUT2D eigenvalue weighted by Crippen LogP contribution is -2.55. The summed E-state index contributed by atoms with van der Waals surface area (Å²) in [6, 6.07) is 3.47. The zero-order valence-corrected chi connectivity index (χ0v) is 15.7. The van der Waals surface area contributed by atoms with Gasteiger partial charge in [0, 0.05) is 19.0 Å². The molecule has 0 radical (unpaired) electrons. The van der Waals surface area contributed by atoms with Gasteiger partial charge in [-0.3, -0.25) is 9.59 Å². The van der Waals surface area contributed by atoms with E-state index in [1.807, 2.05) is 6.92 Å². The zero-order chi connectivity index (χ0) is 21.1. The molecule has 5 N–H and O–H groups in total. The van der Waals surface area contributed by atoms with Crippen LogP contribution in [0.2, 0.25) is 0 Å². The number of unbranched alkanes of at least 4 members (excludes halogenated alkanes) is 1. The highest BCUT2D eigenvalue weighted by Crippen LogP contribution is 2.31. The van der Waals surface area contributed by atoms with E-state index in [0.717, 1.165) is 25.0 Å². The van der Waals surface area contributed by atoms with Crippen molar-refractivity contribution in [3.05, 3.63) is 35.4 Å². The summed E-state index contributed by atoms with van der Waals surface area (Å²) in [6.45, 7) is 2.06. The summed E-state index contributed by atoms with van der Waals surface area (Å²) in [5.74, 6) is -1.97.